The summed E-state index contributed by atoms with van der Waals surface area (Å²) in [6, 6.07) is 15.5. The molecule has 0 aliphatic heterocycles. The molecule has 0 bridgehead atoms. The van der Waals surface area contributed by atoms with Crippen molar-refractivity contribution in [3.8, 4) is 11.5 Å². The van der Waals surface area contributed by atoms with Gasteiger partial charge in [0.25, 0.3) is 0 Å². The highest BCUT2D eigenvalue weighted by Crippen LogP contribution is 2.14. The van der Waals surface area contributed by atoms with E-state index in [1.165, 1.54) is 5.56 Å². The van der Waals surface area contributed by atoms with Crippen molar-refractivity contribution in [2.45, 2.75) is 12.8 Å². The third-order valence-corrected chi connectivity index (χ3v) is 3.62. The molecule has 0 spiro atoms. The van der Waals surface area contributed by atoms with Gasteiger partial charge in [0.05, 0.1) is 14.2 Å². The molecule has 0 radical (unpaired) electrons. The van der Waals surface area contributed by atoms with E-state index in [1.54, 1.807) is 26.4 Å². The second kappa shape index (κ2) is 9.40. The van der Waals surface area contributed by atoms with Crippen LogP contribution in [0.5, 0.6) is 11.5 Å². The Kier molecular flexibility index (Phi) is 6.90. The van der Waals surface area contributed by atoms with Crippen LogP contribution in [0.1, 0.15) is 17.5 Å². The number of ether oxygens (including phenoxy) is 2. The molecule has 0 atom stereocenters. The van der Waals surface area contributed by atoms with E-state index in [1.807, 2.05) is 42.5 Å². The molecule has 0 saturated carbocycles. The van der Waals surface area contributed by atoms with Crippen LogP contribution >= 0.6 is 0 Å². The maximum absolute atomic E-state index is 11.8. The van der Waals surface area contributed by atoms with Gasteiger partial charge in [0, 0.05) is 12.6 Å². The van der Waals surface area contributed by atoms with Gasteiger partial charge in [-0.25, -0.2) is 0 Å². The fraction of sp³-hybridized carbons (Fsp3) is 0.250. The standard InChI is InChI=1S/C20H23NO3/c1-23-18-11-8-16(9-12-18)10-13-20(22)21-14-4-6-17-5-3-7-19(15-17)24-2/h3,5,7-13,15H,4,6,14H2,1-2H3,(H,21,22)/b13-10+. The van der Waals surface area contributed by atoms with Gasteiger partial charge in [-0.2, -0.15) is 0 Å². The number of hydrogen-bond acceptors (Lipinski definition) is 3. The Morgan fingerprint density at radius 2 is 1.79 bits per heavy atom. The lowest BCUT2D eigenvalue weighted by Gasteiger charge is -2.05. The highest BCUT2D eigenvalue weighted by molar-refractivity contribution is 5.91. The molecule has 4 heteroatoms. The Hall–Kier alpha value is -2.75. The zero-order chi connectivity index (χ0) is 17.2. The Bertz CT molecular complexity index is 678. The van der Waals surface area contributed by atoms with E-state index in [-0.39, 0.29) is 5.91 Å². The van der Waals surface area contributed by atoms with Crippen molar-refractivity contribution >= 4 is 12.0 Å². The van der Waals surface area contributed by atoms with Crippen molar-refractivity contribution in [1.29, 1.82) is 0 Å². The number of rotatable bonds is 8. The van der Waals surface area contributed by atoms with Gasteiger partial charge in [0.15, 0.2) is 0 Å². The van der Waals surface area contributed by atoms with Crippen LogP contribution in [0.4, 0.5) is 0 Å². The van der Waals surface area contributed by atoms with Crippen molar-refractivity contribution in [3.05, 3.63) is 65.7 Å². The molecule has 2 aromatic carbocycles. The van der Waals surface area contributed by atoms with E-state index in [0.29, 0.717) is 6.54 Å². The summed E-state index contributed by atoms with van der Waals surface area (Å²) in [5.74, 6) is 1.57. The van der Waals surface area contributed by atoms with Crippen molar-refractivity contribution in [3.63, 3.8) is 0 Å². The second-order valence-corrected chi connectivity index (χ2v) is 5.35. The maximum Gasteiger partial charge on any atom is 0.243 e. The van der Waals surface area contributed by atoms with Gasteiger partial charge < -0.3 is 14.8 Å². The predicted octanol–water partition coefficient (Wildman–Crippen LogP) is 3.47. The van der Waals surface area contributed by atoms with E-state index in [0.717, 1.165) is 29.9 Å². The first-order valence-corrected chi connectivity index (χ1v) is 7.94. The summed E-state index contributed by atoms with van der Waals surface area (Å²) < 4.78 is 10.3. The molecule has 0 aliphatic carbocycles. The molecule has 0 unspecified atom stereocenters. The van der Waals surface area contributed by atoms with Crippen LogP contribution in [0.25, 0.3) is 6.08 Å². The quantitative estimate of drug-likeness (QED) is 0.597. The van der Waals surface area contributed by atoms with E-state index in [9.17, 15) is 4.79 Å². The lowest BCUT2D eigenvalue weighted by molar-refractivity contribution is -0.116. The number of carbonyl (C=O) groups is 1. The van der Waals surface area contributed by atoms with Crippen LogP contribution < -0.4 is 14.8 Å². The summed E-state index contributed by atoms with van der Waals surface area (Å²) in [7, 11) is 3.29. The van der Waals surface area contributed by atoms with E-state index >= 15 is 0 Å². The van der Waals surface area contributed by atoms with Crippen LogP contribution in [-0.4, -0.2) is 26.7 Å². The third kappa shape index (κ3) is 5.80. The molecule has 4 nitrogen and oxygen atoms in total. The summed E-state index contributed by atoms with van der Waals surface area (Å²) in [5.41, 5.74) is 2.17. The monoisotopic (exact) mass is 325 g/mol. The van der Waals surface area contributed by atoms with Crippen LogP contribution in [0.15, 0.2) is 54.6 Å². The zero-order valence-corrected chi connectivity index (χ0v) is 14.1. The molecule has 24 heavy (non-hydrogen) atoms. The molecular weight excluding hydrogens is 302 g/mol. The van der Waals surface area contributed by atoms with Gasteiger partial charge in [-0.15, -0.1) is 0 Å². The summed E-state index contributed by atoms with van der Waals surface area (Å²) in [5, 5.41) is 2.89. The van der Waals surface area contributed by atoms with Crippen LogP contribution in [-0.2, 0) is 11.2 Å². The average Bonchev–Trinajstić information content (AvgIpc) is 2.64. The Morgan fingerprint density at radius 3 is 2.50 bits per heavy atom. The van der Waals surface area contributed by atoms with E-state index in [2.05, 4.69) is 11.4 Å². The Morgan fingerprint density at radius 1 is 1.04 bits per heavy atom. The minimum absolute atomic E-state index is 0.0866. The first-order chi connectivity index (χ1) is 11.7. The fourth-order valence-electron chi connectivity index (χ4n) is 2.28. The number of methoxy groups -OCH3 is 2. The number of carbonyl (C=O) groups excluding carboxylic acids is 1. The highest BCUT2D eigenvalue weighted by atomic mass is 16.5. The molecule has 0 aliphatic rings. The predicted molar refractivity (Wildman–Crippen MR) is 96.4 cm³/mol. The third-order valence-electron chi connectivity index (χ3n) is 3.62. The highest BCUT2D eigenvalue weighted by Gasteiger charge is 1.98. The molecular formula is C20H23NO3. The minimum atomic E-state index is -0.0866. The molecule has 0 saturated heterocycles. The van der Waals surface area contributed by atoms with Gasteiger partial charge in [-0.3, -0.25) is 4.79 Å². The Balaban J connectivity index is 1.71. The summed E-state index contributed by atoms with van der Waals surface area (Å²) >= 11 is 0. The number of aryl methyl sites for hydroxylation is 1. The summed E-state index contributed by atoms with van der Waals surface area (Å²) in [4.78, 5) is 11.8. The van der Waals surface area contributed by atoms with Gasteiger partial charge in [0.2, 0.25) is 5.91 Å². The SMILES string of the molecule is COc1ccc(/C=C/C(=O)NCCCc2cccc(OC)c2)cc1. The Labute approximate surface area is 143 Å². The smallest absolute Gasteiger partial charge is 0.243 e. The fourth-order valence-corrected chi connectivity index (χ4v) is 2.28. The maximum atomic E-state index is 11.8. The van der Waals surface area contributed by atoms with Crippen molar-refractivity contribution in [1.82, 2.24) is 5.32 Å². The average molecular weight is 325 g/mol. The number of benzene rings is 2. The molecule has 0 aromatic heterocycles. The molecule has 1 N–H and O–H groups in total. The molecule has 2 aromatic rings. The van der Waals surface area contributed by atoms with Gasteiger partial charge in [-0.05, 0) is 54.3 Å². The first kappa shape index (κ1) is 17.6. The topological polar surface area (TPSA) is 47.6 Å². The van der Waals surface area contributed by atoms with Crippen molar-refractivity contribution in [2.75, 3.05) is 20.8 Å². The van der Waals surface area contributed by atoms with Crippen LogP contribution in [0.3, 0.4) is 0 Å². The number of amides is 1. The van der Waals surface area contributed by atoms with Crippen LogP contribution in [0, 0.1) is 0 Å². The van der Waals surface area contributed by atoms with Gasteiger partial charge >= 0.3 is 0 Å². The normalized spacial score (nSPS) is 10.6. The van der Waals surface area contributed by atoms with Gasteiger partial charge in [-0.1, -0.05) is 24.3 Å². The van der Waals surface area contributed by atoms with E-state index < -0.39 is 0 Å². The lowest BCUT2D eigenvalue weighted by Crippen LogP contribution is -2.22. The first-order valence-electron chi connectivity index (χ1n) is 7.94. The largest absolute Gasteiger partial charge is 0.497 e. The zero-order valence-electron chi connectivity index (χ0n) is 14.1. The second-order valence-electron chi connectivity index (χ2n) is 5.35. The molecule has 126 valence electrons. The molecule has 2 rings (SSSR count). The molecule has 0 heterocycles. The number of nitrogens with one attached hydrogen (secondary N) is 1. The van der Waals surface area contributed by atoms with Crippen molar-refractivity contribution < 1.29 is 14.3 Å². The minimum Gasteiger partial charge on any atom is -0.497 e. The number of hydrogen-bond donors (Lipinski definition) is 1. The van der Waals surface area contributed by atoms with Crippen LogP contribution in [0.2, 0.25) is 0 Å². The summed E-state index contributed by atoms with van der Waals surface area (Å²) in [6.45, 7) is 0.642. The van der Waals surface area contributed by atoms with Crippen molar-refractivity contribution in [2.24, 2.45) is 0 Å². The summed E-state index contributed by atoms with van der Waals surface area (Å²) in [6.07, 6.45) is 5.12. The molecule has 1 amide bonds. The lowest BCUT2D eigenvalue weighted by atomic mass is 10.1. The molecule has 0 fully saturated rings. The van der Waals surface area contributed by atoms with E-state index in [4.69, 9.17) is 9.47 Å². The van der Waals surface area contributed by atoms with Gasteiger partial charge in [0.1, 0.15) is 11.5 Å².